The number of halogens is 1. The maximum Gasteiger partial charge on any atom is 0.243 e. The quantitative estimate of drug-likeness (QED) is 0.872. The average molecular weight is 279 g/mol. The highest BCUT2D eigenvalue weighted by atomic mass is 32.2. The predicted octanol–water partition coefficient (Wildman–Crippen LogP) is 2.93. The molecular weight excluding hydrogens is 265 g/mol. The number of thioether (sulfide) groups is 1. The molecule has 1 aromatic carbocycles. The van der Waals surface area contributed by atoms with E-state index in [9.17, 15) is 4.39 Å². The van der Waals surface area contributed by atoms with Crippen LogP contribution >= 0.6 is 11.8 Å². The third-order valence-corrected chi connectivity index (χ3v) is 4.00. The van der Waals surface area contributed by atoms with E-state index in [4.69, 9.17) is 4.52 Å². The minimum Gasteiger partial charge on any atom is -0.338 e. The van der Waals surface area contributed by atoms with Gasteiger partial charge in [0.15, 0.2) is 5.82 Å². The number of hydrogen-bond acceptors (Lipinski definition) is 5. The van der Waals surface area contributed by atoms with E-state index in [1.165, 1.54) is 23.9 Å². The first-order chi connectivity index (χ1) is 9.31. The molecule has 2 heterocycles. The lowest BCUT2D eigenvalue weighted by Gasteiger charge is -2.01. The standard InChI is InChI=1S/C13H14FN3OS/c14-9-3-1-4-10(7-9)19-8-12-16-13(18-17-12)11-5-2-6-15-11/h1,3-4,7,11,15H,2,5-6,8H2. The van der Waals surface area contributed by atoms with Gasteiger partial charge in [0, 0.05) is 4.90 Å². The van der Waals surface area contributed by atoms with Crippen molar-refractivity contribution in [1.29, 1.82) is 0 Å². The summed E-state index contributed by atoms with van der Waals surface area (Å²) in [6, 6.07) is 6.70. The molecule has 0 spiro atoms. The van der Waals surface area contributed by atoms with Gasteiger partial charge in [0.25, 0.3) is 0 Å². The van der Waals surface area contributed by atoms with Gasteiger partial charge in [0.2, 0.25) is 5.89 Å². The van der Waals surface area contributed by atoms with E-state index in [0.717, 1.165) is 24.3 Å². The average Bonchev–Trinajstić information content (AvgIpc) is 3.07. The zero-order valence-corrected chi connectivity index (χ0v) is 11.1. The molecule has 0 amide bonds. The first-order valence-electron chi connectivity index (χ1n) is 6.25. The maximum atomic E-state index is 13.0. The normalized spacial score (nSPS) is 18.9. The molecular formula is C13H14FN3OS. The molecule has 1 aromatic heterocycles. The minimum atomic E-state index is -0.228. The molecule has 1 aliphatic heterocycles. The van der Waals surface area contributed by atoms with Gasteiger partial charge in [-0.3, -0.25) is 0 Å². The van der Waals surface area contributed by atoms with Crippen molar-refractivity contribution in [2.45, 2.75) is 29.5 Å². The van der Waals surface area contributed by atoms with Crippen LogP contribution in [0.25, 0.3) is 0 Å². The van der Waals surface area contributed by atoms with Gasteiger partial charge in [0.1, 0.15) is 5.82 Å². The number of aromatic nitrogens is 2. The first kappa shape index (κ1) is 12.6. The third-order valence-electron chi connectivity index (χ3n) is 3.01. The molecule has 1 N–H and O–H groups in total. The van der Waals surface area contributed by atoms with Crippen LogP contribution in [0.4, 0.5) is 4.39 Å². The molecule has 0 bridgehead atoms. The summed E-state index contributed by atoms with van der Waals surface area (Å²) in [7, 11) is 0. The molecule has 19 heavy (non-hydrogen) atoms. The molecule has 3 rings (SSSR count). The second-order valence-electron chi connectivity index (χ2n) is 4.44. The lowest BCUT2D eigenvalue weighted by molar-refractivity contribution is 0.342. The Morgan fingerprint density at radius 3 is 3.21 bits per heavy atom. The molecule has 6 heteroatoms. The Labute approximate surface area is 114 Å². The highest BCUT2D eigenvalue weighted by molar-refractivity contribution is 7.98. The Balaban J connectivity index is 1.61. The number of nitrogens with zero attached hydrogens (tertiary/aromatic N) is 2. The fraction of sp³-hybridized carbons (Fsp3) is 0.385. The van der Waals surface area contributed by atoms with E-state index in [-0.39, 0.29) is 11.9 Å². The van der Waals surface area contributed by atoms with E-state index in [0.29, 0.717) is 17.5 Å². The molecule has 1 atom stereocenters. The van der Waals surface area contributed by atoms with Crippen LogP contribution in [0.2, 0.25) is 0 Å². The number of nitrogens with one attached hydrogen (secondary N) is 1. The second-order valence-corrected chi connectivity index (χ2v) is 5.49. The summed E-state index contributed by atoms with van der Waals surface area (Å²) in [6.07, 6.45) is 2.18. The van der Waals surface area contributed by atoms with Gasteiger partial charge in [-0.05, 0) is 37.6 Å². The van der Waals surface area contributed by atoms with Crippen molar-refractivity contribution in [3.05, 3.63) is 41.8 Å². The van der Waals surface area contributed by atoms with Crippen molar-refractivity contribution >= 4 is 11.8 Å². The molecule has 1 unspecified atom stereocenters. The Bertz CT molecular complexity index is 554. The molecule has 4 nitrogen and oxygen atoms in total. The monoisotopic (exact) mass is 279 g/mol. The van der Waals surface area contributed by atoms with Crippen LogP contribution in [0, 0.1) is 5.82 Å². The van der Waals surface area contributed by atoms with Crippen LogP contribution in [0.1, 0.15) is 30.6 Å². The van der Waals surface area contributed by atoms with Gasteiger partial charge in [-0.25, -0.2) is 4.39 Å². The van der Waals surface area contributed by atoms with E-state index >= 15 is 0 Å². The van der Waals surface area contributed by atoms with E-state index < -0.39 is 0 Å². The van der Waals surface area contributed by atoms with Gasteiger partial charge in [-0.15, -0.1) is 11.8 Å². The lowest BCUT2D eigenvalue weighted by atomic mass is 10.2. The molecule has 1 saturated heterocycles. The van der Waals surface area contributed by atoms with Crippen LogP contribution in [0.15, 0.2) is 33.7 Å². The molecule has 1 aliphatic rings. The summed E-state index contributed by atoms with van der Waals surface area (Å²) in [5.41, 5.74) is 0. The van der Waals surface area contributed by atoms with Gasteiger partial charge in [0.05, 0.1) is 11.8 Å². The fourth-order valence-electron chi connectivity index (χ4n) is 2.07. The summed E-state index contributed by atoms with van der Waals surface area (Å²) in [5, 5.41) is 7.27. The SMILES string of the molecule is Fc1cccc(SCc2noc(C3CCCN3)n2)c1. The Kier molecular flexibility index (Phi) is 3.79. The molecule has 0 saturated carbocycles. The highest BCUT2D eigenvalue weighted by Crippen LogP contribution is 2.25. The van der Waals surface area contributed by atoms with Gasteiger partial charge in [-0.2, -0.15) is 4.98 Å². The predicted molar refractivity (Wildman–Crippen MR) is 70.2 cm³/mol. The smallest absolute Gasteiger partial charge is 0.243 e. The van der Waals surface area contributed by atoms with Gasteiger partial charge < -0.3 is 9.84 Å². The molecule has 100 valence electrons. The first-order valence-corrected chi connectivity index (χ1v) is 7.24. The van der Waals surface area contributed by atoms with Crippen molar-refractivity contribution in [2.24, 2.45) is 0 Å². The van der Waals surface area contributed by atoms with Gasteiger partial charge >= 0.3 is 0 Å². The van der Waals surface area contributed by atoms with Crippen molar-refractivity contribution in [3.8, 4) is 0 Å². The Morgan fingerprint density at radius 2 is 2.42 bits per heavy atom. The fourth-order valence-corrected chi connectivity index (χ4v) is 2.85. The van der Waals surface area contributed by atoms with Gasteiger partial charge in [-0.1, -0.05) is 11.2 Å². The number of benzene rings is 1. The van der Waals surface area contributed by atoms with Crippen molar-refractivity contribution < 1.29 is 8.91 Å². The van der Waals surface area contributed by atoms with Crippen molar-refractivity contribution in [3.63, 3.8) is 0 Å². The third kappa shape index (κ3) is 3.13. The summed E-state index contributed by atoms with van der Waals surface area (Å²) in [4.78, 5) is 5.24. The summed E-state index contributed by atoms with van der Waals surface area (Å²) < 4.78 is 18.3. The number of rotatable bonds is 4. The minimum absolute atomic E-state index is 0.195. The van der Waals surface area contributed by atoms with Crippen LogP contribution < -0.4 is 5.32 Å². The summed E-state index contributed by atoms with van der Waals surface area (Å²) >= 11 is 1.50. The van der Waals surface area contributed by atoms with Crippen molar-refractivity contribution in [1.82, 2.24) is 15.5 Å². The Hall–Kier alpha value is -1.40. The highest BCUT2D eigenvalue weighted by Gasteiger charge is 2.22. The zero-order chi connectivity index (χ0) is 13.1. The van der Waals surface area contributed by atoms with E-state index in [1.807, 2.05) is 6.07 Å². The molecule has 0 aliphatic carbocycles. The molecule has 0 radical (unpaired) electrons. The summed E-state index contributed by atoms with van der Waals surface area (Å²) in [5.74, 6) is 1.67. The largest absolute Gasteiger partial charge is 0.338 e. The van der Waals surface area contributed by atoms with E-state index in [2.05, 4.69) is 15.5 Å². The molecule has 2 aromatic rings. The molecule has 1 fully saturated rings. The van der Waals surface area contributed by atoms with E-state index in [1.54, 1.807) is 6.07 Å². The zero-order valence-electron chi connectivity index (χ0n) is 10.3. The van der Waals surface area contributed by atoms with Crippen LogP contribution in [-0.2, 0) is 5.75 Å². The number of hydrogen-bond donors (Lipinski definition) is 1. The maximum absolute atomic E-state index is 13.0. The topological polar surface area (TPSA) is 51.0 Å². The van der Waals surface area contributed by atoms with Crippen LogP contribution in [0.3, 0.4) is 0 Å². The van der Waals surface area contributed by atoms with Crippen molar-refractivity contribution in [2.75, 3.05) is 6.54 Å². The second kappa shape index (κ2) is 5.71. The summed E-state index contributed by atoms with van der Waals surface area (Å²) in [6.45, 7) is 1.00. The lowest BCUT2D eigenvalue weighted by Crippen LogP contribution is -2.13. The van der Waals surface area contributed by atoms with Crippen LogP contribution in [-0.4, -0.2) is 16.7 Å². The van der Waals surface area contributed by atoms with Crippen LogP contribution in [0.5, 0.6) is 0 Å². The Morgan fingerprint density at radius 1 is 1.47 bits per heavy atom.